The predicted molar refractivity (Wildman–Crippen MR) is 82.2 cm³/mol. The topological polar surface area (TPSA) is 29.9 Å². The molecule has 1 aromatic heterocycles. The summed E-state index contributed by atoms with van der Waals surface area (Å²) in [5.41, 5.74) is 3.96. The van der Waals surface area contributed by atoms with Gasteiger partial charge in [-0.3, -0.25) is 4.68 Å². The number of aryl methyl sites for hydroxylation is 2. The Kier molecular flexibility index (Phi) is 4.77. The molecule has 0 saturated carbocycles. The van der Waals surface area contributed by atoms with Crippen molar-refractivity contribution in [3.8, 4) is 0 Å². The van der Waals surface area contributed by atoms with Gasteiger partial charge in [0.25, 0.3) is 0 Å². The molecule has 0 spiro atoms. The van der Waals surface area contributed by atoms with Gasteiger partial charge in [0, 0.05) is 23.8 Å². The third-order valence-electron chi connectivity index (χ3n) is 3.51. The summed E-state index contributed by atoms with van der Waals surface area (Å²) in [6, 6.07) is 6.76. The van der Waals surface area contributed by atoms with Gasteiger partial charge in [-0.15, -0.1) is 0 Å². The molecular formula is C15H20BrN3. The normalized spacial score (nSPS) is 12.6. The highest BCUT2D eigenvalue weighted by atomic mass is 79.9. The summed E-state index contributed by atoms with van der Waals surface area (Å²) in [6.07, 6.45) is 6.13. The van der Waals surface area contributed by atoms with Crippen LogP contribution in [0.3, 0.4) is 0 Å². The first kappa shape index (κ1) is 14.3. The first-order valence-electron chi connectivity index (χ1n) is 6.51. The number of nitrogens with zero attached hydrogens (tertiary/aromatic N) is 2. The van der Waals surface area contributed by atoms with Gasteiger partial charge in [-0.25, -0.2) is 0 Å². The van der Waals surface area contributed by atoms with E-state index in [4.69, 9.17) is 0 Å². The number of halogens is 1. The molecule has 2 rings (SSSR count). The molecule has 3 nitrogen and oxygen atoms in total. The quantitative estimate of drug-likeness (QED) is 0.914. The molecule has 1 heterocycles. The standard InChI is InChI=1S/C15H20BrN3/c1-11-13(5-4-6-14(11)16)15(17-2)8-7-12-9-18-19(3)10-12/h4-6,9-10,15,17H,7-8H2,1-3H3. The van der Waals surface area contributed by atoms with Crippen molar-refractivity contribution in [1.82, 2.24) is 15.1 Å². The molecule has 0 radical (unpaired) electrons. The maximum Gasteiger partial charge on any atom is 0.0521 e. The highest BCUT2D eigenvalue weighted by Crippen LogP contribution is 2.27. The number of hydrogen-bond donors (Lipinski definition) is 1. The second-order valence-electron chi connectivity index (χ2n) is 4.86. The van der Waals surface area contributed by atoms with E-state index in [1.165, 1.54) is 21.2 Å². The molecule has 2 aromatic rings. The molecule has 0 amide bonds. The van der Waals surface area contributed by atoms with Crippen molar-refractivity contribution >= 4 is 15.9 Å². The summed E-state index contributed by atoms with van der Waals surface area (Å²) >= 11 is 3.60. The SMILES string of the molecule is CNC(CCc1cnn(C)c1)c1cccc(Br)c1C. The molecule has 4 heteroatoms. The molecule has 0 aliphatic rings. The fraction of sp³-hybridized carbons (Fsp3) is 0.400. The van der Waals surface area contributed by atoms with E-state index in [0.29, 0.717) is 6.04 Å². The van der Waals surface area contributed by atoms with Gasteiger partial charge < -0.3 is 5.32 Å². The fourth-order valence-electron chi connectivity index (χ4n) is 2.37. The van der Waals surface area contributed by atoms with Crippen LogP contribution in [-0.2, 0) is 13.5 Å². The molecule has 0 fully saturated rings. The molecule has 0 bridgehead atoms. The maximum absolute atomic E-state index is 4.21. The van der Waals surface area contributed by atoms with E-state index in [-0.39, 0.29) is 0 Å². The van der Waals surface area contributed by atoms with Crippen molar-refractivity contribution < 1.29 is 0 Å². The molecule has 0 aliphatic carbocycles. The Hall–Kier alpha value is -1.13. The van der Waals surface area contributed by atoms with E-state index in [0.717, 1.165) is 12.8 Å². The van der Waals surface area contributed by atoms with Crippen molar-refractivity contribution in [3.63, 3.8) is 0 Å². The van der Waals surface area contributed by atoms with Gasteiger partial charge in [-0.2, -0.15) is 5.10 Å². The monoisotopic (exact) mass is 321 g/mol. The predicted octanol–water partition coefficient (Wildman–Crippen LogP) is 3.38. The van der Waals surface area contributed by atoms with Crippen LogP contribution >= 0.6 is 15.9 Å². The van der Waals surface area contributed by atoms with Crippen LogP contribution in [0.15, 0.2) is 35.1 Å². The third kappa shape index (κ3) is 3.45. The Labute approximate surface area is 123 Å². The number of benzene rings is 1. The Morgan fingerprint density at radius 2 is 2.21 bits per heavy atom. The van der Waals surface area contributed by atoms with E-state index in [2.05, 4.69) is 57.7 Å². The van der Waals surface area contributed by atoms with Crippen LogP contribution in [0, 0.1) is 6.92 Å². The number of hydrogen-bond acceptors (Lipinski definition) is 2. The summed E-state index contributed by atoms with van der Waals surface area (Å²) in [5.74, 6) is 0. The number of aromatic nitrogens is 2. The molecule has 1 N–H and O–H groups in total. The summed E-state index contributed by atoms with van der Waals surface area (Å²) < 4.78 is 3.03. The molecule has 102 valence electrons. The molecule has 19 heavy (non-hydrogen) atoms. The lowest BCUT2D eigenvalue weighted by molar-refractivity contribution is 0.546. The van der Waals surface area contributed by atoms with Crippen molar-refractivity contribution in [2.45, 2.75) is 25.8 Å². The zero-order valence-electron chi connectivity index (χ0n) is 11.7. The summed E-state index contributed by atoms with van der Waals surface area (Å²) in [5, 5.41) is 7.63. The van der Waals surface area contributed by atoms with E-state index in [1.807, 2.05) is 25.0 Å². The average Bonchev–Trinajstić information content (AvgIpc) is 2.81. The van der Waals surface area contributed by atoms with Crippen LogP contribution in [0.1, 0.15) is 29.2 Å². The molecular weight excluding hydrogens is 302 g/mol. The lowest BCUT2D eigenvalue weighted by Crippen LogP contribution is -2.18. The van der Waals surface area contributed by atoms with Crippen LogP contribution in [0.5, 0.6) is 0 Å². The Morgan fingerprint density at radius 3 is 2.84 bits per heavy atom. The van der Waals surface area contributed by atoms with Crippen LogP contribution < -0.4 is 5.32 Å². The minimum absolute atomic E-state index is 0.373. The van der Waals surface area contributed by atoms with Crippen LogP contribution in [0.25, 0.3) is 0 Å². The smallest absolute Gasteiger partial charge is 0.0521 e. The van der Waals surface area contributed by atoms with E-state index < -0.39 is 0 Å². The lowest BCUT2D eigenvalue weighted by Gasteiger charge is -2.19. The largest absolute Gasteiger partial charge is 0.313 e. The van der Waals surface area contributed by atoms with Crippen LogP contribution in [0.4, 0.5) is 0 Å². The summed E-state index contributed by atoms with van der Waals surface area (Å²) in [4.78, 5) is 0. The first-order valence-corrected chi connectivity index (χ1v) is 7.31. The molecule has 1 aromatic carbocycles. The minimum Gasteiger partial charge on any atom is -0.313 e. The highest BCUT2D eigenvalue weighted by molar-refractivity contribution is 9.10. The van der Waals surface area contributed by atoms with Crippen LogP contribution in [0.2, 0.25) is 0 Å². The molecule has 1 atom stereocenters. The first-order chi connectivity index (χ1) is 9.11. The number of nitrogens with one attached hydrogen (secondary N) is 1. The van der Waals surface area contributed by atoms with Crippen LogP contribution in [-0.4, -0.2) is 16.8 Å². The van der Waals surface area contributed by atoms with Gasteiger partial charge in [-0.1, -0.05) is 28.1 Å². The zero-order chi connectivity index (χ0) is 13.8. The van der Waals surface area contributed by atoms with Gasteiger partial charge in [0.15, 0.2) is 0 Å². The summed E-state index contributed by atoms with van der Waals surface area (Å²) in [7, 11) is 3.98. The Bertz CT molecular complexity index is 548. The Balaban J connectivity index is 2.09. The second kappa shape index (κ2) is 6.35. The maximum atomic E-state index is 4.21. The van der Waals surface area contributed by atoms with Crippen molar-refractivity contribution in [3.05, 3.63) is 51.8 Å². The second-order valence-corrected chi connectivity index (χ2v) is 5.71. The lowest BCUT2D eigenvalue weighted by atomic mass is 9.96. The molecule has 1 unspecified atom stereocenters. The van der Waals surface area contributed by atoms with Crippen molar-refractivity contribution in [1.29, 1.82) is 0 Å². The van der Waals surface area contributed by atoms with Gasteiger partial charge in [0.05, 0.1) is 6.20 Å². The third-order valence-corrected chi connectivity index (χ3v) is 4.37. The summed E-state index contributed by atoms with van der Waals surface area (Å²) in [6.45, 7) is 2.16. The van der Waals surface area contributed by atoms with E-state index >= 15 is 0 Å². The van der Waals surface area contributed by atoms with Gasteiger partial charge in [0.1, 0.15) is 0 Å². The fourth-order valence-corrected chi connectivity index (χ4v) is 2.75. The van der Waals surface area contributed by atoms with E-state index in [1.54, 1.807) is 0 Å². The van der Waals surface area contributed by atoms with E-state index in [9.17, 15) is 0 Å². The highest BCUT2D eigenvalue weighted by Gasteiger charge is 2.13. The van der Waals surface area contributed by atoms with Crippen molar-refractivity contribution in [2.24, 2.45) is 7.05 Å². The van der Waals surface area contributed by atoms with Gasteiger partial charge in [-0.05, 0) is 49.6 Å². The van der Waals surface area contributed by atoms with Crippen molar-refractivity contribution in [2.75, 3.05) is 7.05 Å². The average molecular weight is 322 g/mol. The van der Waals surface area contributed by atoms with Gasteiger partial charge >= 0.3 is 0 Å². The Morgan fingerprint density at radius 1 is 1.42 bits per heavy atom. The zero-order valence-corrected chi connectivity index (χ0v) is 13.2. The number of rotatable bonds is 5. The molecule has 0 saturated heterocycles. The minimum atomic E-state index is 0.373. The molecule has 0 aliphatic heterocycles. The van der Waals surface area contributed by atoms with Gasteiger partial charge in [0.2, 0.25) is 0 Å².